The van der Waals surface area contributed by atoms with E-state index in [4.69, 9.17) is 0 Å². The van der Waals surface area contributed by atoms with Crippen LogP contribution < -0.4 is 0 Å². The summed E-state index contributed by atoms with van der Waals surface area (Å²) in [7, 11) is 0. The van der Waals surface area contributed by atoms with Crippen LogP contribution in [0.3, 0.4) is 0 Å². The van der Waals surface area contributed by atoms with E-state index < -0.39 is 55.0 Å². The molecular formula is C11H5F17O3. The van der Waals surface area contributed by atoms with Gasteiger partial charge < -0.3 is 4.74 Å². The largest absolute Gasteiger partial charge is 0.495 e. The normalized spacial score (nSPS) is 18.9. The maximum Gasteiger partial charge on any atom is 0.462 e. The first kappa shape index (κ1) is 29.3. The van der Waals surface area contributed by atoms with Gasteiger partial charge in [-0.05, 0) is 0 Å². The van der Waals surface area contributed by atoms with Gasteiger partial charge in [0.2, 0.25) is 0 Å². The molecule has 0 N–H and O–H groups in total. The Morgan fingerprint density at radius 1 is 0.548 bits per heavy atom. The van der Waals surface area contributed by atoms with Crippen LogP contribution in [-0.4, -0.2) is 55.0 Å². The SMILES string of the molecule is C=COCC(F)(OC(F)(F)C(F)(OC(F)(F)C(F)(F)C(F)(F)F)C(F)(F)F)C(F)(F)F. The lowest BCUT2D eigenvalue weighted by Crippen LogP contribution is -2.67. The zero-order valence-electron chi connectivity index (χ0n) is 13.6. The predicted octanol–water partition coefficient (Wildman–Crippen LogP) is 6.02. The van der Waals surface area contributed by atoms with Crippen molar-refractivity contribution >= 4 is 0 Å². The summed E-state index contributed by atoms with van der Waals surface area (Å²) >= 11 is 0. The van der Waals surface area contributed by atoms with Gasteiger partial charge in [0.15, 0.2) is 6.61 Å². The van der Waals surface area contributed by atoms with E-state index in [-0.39, 0.29) is 6.26 Å². The molecule has 0 radical (unpaired) electrons. The van der Waals surface area contributed by atoms with E-state index in [0.717, 1.165) is 0 Å². The van der Waals surface area contributed by atoms with Gasteiger partial charge in [-0.25, -0.2) is 0 Å². The molecule has 2 unspecified atom stereocenters. The maximum atomic E-state index is 13.7. The molecule has 3 nitrogen and oxygen atoms in total. The number of halogens is 17. The first-order valence-electron chi connectivity index (χ1n) is 6.57. The van der Waals surface area contributed by atoms with Gasteiger partial charge >= 0.3 is 48.4 Å². The number of ether oxygens (including phenoxy) is 3. The van der Waals surface area contributed by atoms with Gasteiger partial charge in [-0.15, -0.1) is 0 Å². The van der Waals surface area contributed by atoms with Crippen molar-refractivity contribution in [3.8, 4) is 0 Å². The molecule has 0 spiro atoms. The molecule has 0 fully saturated rings. The molecule has 31 heavy (non-hydrogen) atoms. The summed E-state index contributed by atoms with van der Waals surface area (Å²) in [5.41, 5.74) is 0. The lowest BCUT2D eigenvalue weighted by Gasteiger charge is -2.40. The Hall–Kier alpha value is -1.73. The van der Waals surface area contributed by atoms with Crippen LogP contribution in [0, 0.1) is 0 Å². The second-order valence-corrected chi connectivity index (χ2v) is 5.11. The standard InChI is InChI=1S/C11H5F17O3/c1-2-29-3-4(12,7(16,17)18)30-11(27,28)6(15,9(22,23)24)31-10(25,26)5(13,14)8(19,20)21/h2H,1,3H2. The third kappa shape index (κ3) is 5.37. The van der Waals surface area contributed by atoms with Crippen molar-refractivity contribution in [2.45, 2.75) is 48.4 Å². The molecule has 0 saturated carbocycles. The molecule has 0 aliphatic carbocycles. The van der Waals surface area contributed by atoms with Crippen molar-refractivity contribution in [3.05, 3.63) is 12.8 Å². The molecule has 2 atom stereocenters. The minimum Gasteiger partial charge on any atom is -0.495 e. The van der Waals surface area contributed by atoms with Crippen LogP contribution in [0.4, 0.5) is 74.6 Å². The lowest BCUT2D eigenvalue weighted by molar-refractivity contribution is -0.552. The van der Waals surface area contributed by atoms with Crippen LogP contribution in [0.2, 0.25) is 0 Å². The van der Waals surface area contributed by atoms with Crippen molar-refractivity contribution in [2.24, 2.45) is 0 Å². The van der Waals surface area contributed by atoms with Gasteiger partial charge in [-0.2, -0.15) is 74.6 Å². The second-order valence-electron chi connectivity index (χ2n) is 5.11. The third-order valence-corrected chi connectivity index (χ3v) is 2.83. The molecule has 0 aromatic rings. The fourth-order valence-electron chi connectivity index (χ4n) is 1.29. The second kappa shape index (κ2) is 8.00. The van der Waals surface area contributed by atoms with Gasteiger partial charge in [0, 0.05) is 0 Å². The first-order chi connectivity index (χ1) is 13.2. The monoisotopic (exact) mass is 508 g/mol. The molecule has 0 saturated heterocycles. The van der Waals surface area contributed by atoms with E-state index in [9.17, 15) is 74.6 Å². The Morgan fingerprint density at radius 2 is 0.968 bits per heavy atom. The van der Waals surface area contributed by atoms with Crippen LogP contribution in [0.1, 0.15) is 0 Å². The van der Waals surface area contributed by atoms with Crippen molar-refractivity contribution in [3.63, 3.8) is 0 Å². The highest BCUT2D eigenvalue weighted by Gasteiger charge is 2.85. The Morgan fingerprint density at radius 3 is 1.26 bits per heavy atom. The smallest absolute Gasteiger partial charge is 0.462 e. The summed E-state index contributed by atoms with van der Waals surface area (Å²) < 4.78 is 223. The van der Waals surface area contributed by atoms with Crippen molar-refractivity contribution in [1.29, 1.82) is 0 Å². The van der Waals surface area contributed by atoms with E-state index in [1.807, 2.05) is 4.74 Å². The molecule has 0 rings (SSSR count). The fourth-order valence-corrected chi connectivity index (χ4v) is 1.29. The average molecular weight is 508 g/mol. The van der Waals surface area contributed by atoms with Gasteiger partial charge in [0.1, 0.15) is 0 Å². The molecule has 0 aliphatic heterocycles. The Balaban J connectivity index is 6.54. The zero-order chi connectivity index (χ0) is 25.5. The number of alkyl halides is 17. The zero-order valence-corrected chi connectivity index (χ0v) is 13.6. The van der Waals surface area contributed by atoms with Crippen LogP contribution >= 0.6 is 0 Å². The number of hydrogen-bond donors (Lipinski definition) is 0. The first-order valence-corrected chi connectivity index (χ1v) is 6.57. The highest BCUT2D eigenvalue weighted by molar-refractivity contribution is 4.95. The van der Waals surface area contributed by atoms with E-state index in [1.165, 1.54) is 4.74 Å². The van der Waals surface area contributed by atoms with E-state index in [1.54, 1.807) is 0 Å². The minimum atomic E-state index is -7.89. The quantitative estimate of drug-likeness (QED) is 0.282. The maximum absolute atomic E-state index is 13.7. The van der Waals surface area contributed by atoms with Crippen LogP contribution in [0.5, 0.6) is 0 Å². The summed E-state index contributed by atoms with van der Waals surface area (Å²) in [6.45, 7) is -0.429. The van der Waals surface area contributed by atoms with Crippen LogP contribution in [0.25, 0.3) is 0 Å². The van der Waals surface area contributed by atoms with Crippen molar-refractivity contribution < 1.29 is 88.8 Å². The molecule has 0 aliphatic rings. The molecule has 0 bridgehead atoms. The van der Waals surface area contributed by atoms with E-state index in [0.29, 0.717) is 0 Å². The fraction of sp³-hybridized carbons (Fsp3) is 0.818. The molecule has 0 aromatic heterocycles. The van der Waals surface area contributed by atoms with Gasteiger partial charge in [-0.3, -0.25) is 9.47 Å². The summed E-state index contributed by atoms with van der Waals surface area (Å²) in [5.74, 6) is -21.9. The Labute approximate surface area is 158 Å². The highest BCUT2D eigenvalue weighted by atomic mass is 19.4. The Kier molecular flexibility index (Phi) is 7.55. The topological polar surface area (TPSA) is 27.7 Å². The van der Waals surface area contributed by atoms with Gasteiger partial charge in [0.05, 0.1) is 6.26 Å². The van der Waals surface area contributed by atoms with Crippen LogP contribution in [-0.2, 0) is 14.2 Å². The summed E-state index contributed by atoms with van der Waals surface area (Å²) in [4.78, 5) is 0. The summed E-state index contributed by atoms with van der Waals surface area (Å²) in [5, 5.41) is 0. The summed E-state index contributed by atoms with van der Waals surface area (Å²) in [6.07, 6.45) is -37.9. The molecule has 0 aromatic carbocycles. The average Bonchev–Trinajstić information content (AvgIpc) is 2.48. The minimum absolute atomic E-state index is 0.150. The van der Waals surface area contributed by atoms with E-state index >= 15 is 0 Å². The van der Waals surface area contributed by atoms with E-state index in [2.05, 4.69) is 11.3 Å². The molecule has 186 valence electrons. The predicted molar refractivity (Wildman–Crippen MR) is 59.0 cm³/mol. The molecule has 0 amide bonds. The summed E-state index contributed by atoms with van der Waals surface area (Å²) in [6, 6.07) is 0. The molecular weight excluding hydrogens is 503 g/mol. The van der Waals surface area contributed by atoms with Crippen molar-refractivity contribution in [1.82, 2.24) is 0 Å². The third-order valence-electron chi connectivity index (χ3n) is 2.83. The highest BCUT2D eigenvalue weighted by Crippen LogP contribution is 2.56. The number of hydrogen-bond acceptors (Lipinski definition) is 3. The Bertz CT molecular complexity index is 635. The van der Waals surface area contributed by atoms with Gasteiger partial charge in [0.25, 0.3) is 0 Å². The lowest BCUT2D eigenvalue weighted by atomic mass is 10.2. The molecule has 0 heterocycles. The molecule has 20 heteroatoms. The van der Waals surface area contributed by atoms with Crippen molar-refractivity contribution in [2.75, 3.05) is 6.61 Å². The number of rotatable bonds is 9. The van der Waals surface area contributed by atoms with Gasteiger partial charge in [-0.1, -0.05) is 6.58 Å². The van der Waals surface area contributed by atoms with Crippen LogP contribution in [0.15, 0.2) is 12.8 Å².